The van der Waals surface area contributed by atoms with Crippen molar-refractivity contribution < 1.29 is 4.79 Å². The molecule has 27 heavy (non-hydrogen) atoms. The highest BCUT2D eigenvalue weighted by atomic mass is 35.5. The minimum absolute atomic E-state index is 0. The molecule has 2 N–H and O–H groups in total. The number of benzene rings is 1. The van der Waals surface area contributed by atoms with Crippen LogP contribution in [0.4, 0.5) is 0 Å². The Bertz CT molecular complexity index is 789. The van der Waals surface area contributed by atoms with Gasteiger partial charge in [-0.1, -0.05) is 31.0 Å². The molecule has 2 fully saturated rings. The van der Waals surface area contributed by atoms with E-state index >= 15 is 0 Å². The van der Waals surface area contributed by atoms with Crippen molar-refractivity contribution in [2.24, 2.45) is 5.92 Å². The van der Waals surface area contributed by atoms with Gasteiger partial charge in [-0.3, -0.25) is 4.79 Å². The van der Waals surface area contributed by atoms with Crippen molar-refractivity contribution in [2.45, 2.75) is 64.6 Å². The van der Waals surface area contributed by atoms with E-state index in [4.69, 9.17) is 0 Å². The van der Waals surface area contributed by atoms with Gasteiger partial charge in [0.1, 0.15) is 0 Å². The van der Waals surface area contributed by atoms with Crippen molar-refractivity contribution in [1.29, 1.82) is 0 Å². The van der Waals surface area contributed by atoms with Gasteiger partial charge in [0.15, 0.2) is 0 Å². The fourth-order valence-corrected chi connectivity index (χ4v) is 4.57. The van der Waals surface area contributed by atoms with Crippen LogP contribution in [0.15, 0.2) is 30.3 Å². The largest absolute Gasteiger partial charge is 0.351 e. The summed E-state index contributed by atoms with van der Waals surface area (Å²) in [4.78, 5) is 12.7. The van der Waals surface area contributed by atoms with Crippen molar-refractivity contribution in [3.8, 4) is 5.69 Å². The molecule has 1 saturated carbocycles. The zero-order chi connectivity index (χ0) is 18.1. The van der Waals surface area contributed by atoms with E-state index in [1.165, 1.54) is 25.7 Å². The topological polar surface area (TPSA) is 59.0 Å². The Kier molecular flexibility index (Phi) is 6.22. The number of carbonyl (C=O) groups excluding carboxylic acids is 1. The first-order valence-electron chi connectivity index (χ1n) is 9.77. The second-order valence-electron chi connectivity index (χ2n) is 7.79. The van der Waals surface area contributed by atoms with Crippen LogP contribution in [0.25, 0.3) is 5.69 Å². The minimum atomic E-state index is -0.0380. The van der Waals surface area contributed by atoms with Crippen LogP contribution in [0.2, 0.25) is 0 Å². The van der Waals surface area contributed by atoms with Gasteiger partial charge < -0.3 is 10.6 Å². The Balaban J connectivity index is 0.00000210. The standard InChI is InChI=1S/C21H28N4O.ClH/c1-14-11-15(2)25(24-14)20-10-6-4-8-17(20)13-22-21(26)19-12-16-7-3-5-9-18(16)23-19;/h4,6,8,10-11,16,18-19,23H,3,5,7,9,12-13H2,1-2H3,(H,22,26);1H. The molecular formula is C21H29ClN4O. The number of para-hydroxylation sites is 1. The zero-order valence-electron chi connectivity index (χ0n) is 16.1. The summed E-state index contributed by atoms with van der Waals surface area (Å²) >= 11 is 0. The SMILES string of the molecule is Cc1cc(C)n(-c2ccccc2CNC(=O)C2CC3CCCCC3N2)n1.Cl. The van der Waals surface area contributed by atoms with Gasteiger partial charge in [-0.05, 0) is 56.7 Å². The summed E-state index contributed by atoms with van der Waals surface area (Å²) < 4.78 is 1.96. The van der Waals surface area contributed by atoms with E-state index in [-0.39, 0.29) is 24.4 Å². The molecule has 1 saturated heterocycles. The van der Waals surface area contributed by atoms with E-state index < -0.39 is 0 Å². The Labute approximate surface area is 167 Å². The highest BCUT2D eigenvalue weighted by Crippen LogP contribution is 2.33. The highest BCUT2D eigenvalue weighted by molar-refractivity contribution is 5.85. The van der Waals surface area contributed by atoms with Gasteiger partial charge in [-0.15, -0.1) is 12.4 Å². The van der Waals surface area contributed by atoms with E-state index in [1.54, 1.807) is 0 Å². The lowest BCUT2D eigenvalue weighted by Gasteiger charge is -2.24. The first-order chi connectivity index (χ1) is 12.6. The van der Waals surface area contributed by atoms with Crippen molar-refractivity contribution in [3.63, 3.8) is 0 Å². The number of amides is 1. The quantitative estimate of drug-likeness (QED) is 0.843. The number of rotatable bonds is 4. The lowest BCUT2D eigenvalue weighted by Crippen LogP contribution is -2.43. The molecule has 4 rings (SSSR count). The van der Waals surface area contributed by atoms with Crippen LogP contribution >= 0.6 is 12.4 Å². The predicted molar refractivity (Wildman–Crippen MR) is 109 cm³/mol. The Morgan fingerprint density at radius 3 is 2.78 bits per heavy atom. The van der Waals surface area contributed by atoms with Crippen LogP contribution < -0.4 is 10.6 Å². The van der Waals surface area contributed by atoms with Crippen LogP contribution in [0, 0.1) is 19.8 Å². The van der Waals surface area contributed by atoms with Crippen LogP contribution in [0.5, 0.6) is 0 Å². The van der Waals surface area contributed by atoms with Gasteiger partial charge in [0.05, 0.1) is 17.4 Å². The van der Waals surface area contributed by atoms with E-state index in [1.807, 2.05) is 23.7 Å². The number of fused-ring (bicyclic) bond motifs is 1. The van der Waals surface area contributed by atoms with Crippen molar-refractivity contribution in [1.82, 2.24) is 20.4 Å². The monoisotopic (exact) mass is 388 g/mol. The summed E-state index contributed by atoms with van der Waals surface area (Å²) in [6.07, 6.45) is 6.07. The molecule has 1 aromatic heterocycles. The van der Waals surface area contributed by atoms with E-state index in [2.05, 4.69) is 40.9 Å². The third kappa shape index (κ3) is 4.19. The first kappa shape index (κ1) is 19.9. The molecule has 2 aromatic rings. The summed E-state index contributed by atoms with van der Waals surface area (Å²) in [6.45, 7) is 4.58. The second-order valence-corrected chi connectivity index (χ2v) is 7.79. The van der Waals surface area contributed by atoms with Gasteiger partial charge in [0.2, 0.25) is 5.91 Å². The summed E-state index contributed by atoms with van der Waals surface area (Å²) in [7, 11) is 0. The summed E-state index contributed by atoms with van der Waals surface area (Å²) in [5.41, 5.74) is 4.22. The fraction of sp³-hybridized carbons (Fsp3) is 0.524. The molecule has 3 atom stereocenters. The number of nitrogens with zero attached hydrogens (tertiary/aromatic N) is 2. The normalized spacial score (nSPS) is 24.1. The molecule has 1 aliphatic carbocycles. The first-order valence-corrected chi connectivity index (χ1v) is 9.77. The van der Waals surface area contributed by atoms with E-state index in [9.17, 15) is 4.79 Å². The minimum Gasteiger partial charge on any atom is -0.351 e. The molecule has 0 radical (unpaired) electrons. The molecule has 0 spiro atoms. The molecule has 3 unspecified atom stereocenters. The maximum Gasteiger partial charge on any atom is 0.237 e. The number of carbonyl (C=O) groups is 1. The second kappa shape index (κ2) is 8.44. The molecule has 6 heteroatoms. The van der Waals surface area contributed by atoms with Crippen LogP contribution in [0.3, 0.4) is 0 Å². The lowest BCUT2D eigenvalue weighted by molar-refractivity contribution is -0.123. The Morgan fingerprint density at radius 1 is 1.26 bits per heavy atom. The summed E-state index contributed by atoms with van der Waals surface area (Å²) in [5, 5.41) is 11.3. The molecule has 1 amide bonds. The number of hydrogen-bond donors (Lipinski definition) is 2. The predicted octanol–water partition coefficient (Wildman–Crippen LogP) is 3.45. The number of aromatic nitrogens is 2. The van der Waals surface area contributed by atoms with Crippen molar-refractivity contribution in [3.05, 3.63) is 47.3 Å². The average molecular weight is 389 g/mol. The number of hydrogen-bond acceptors (Lipinski definition) is 3. The third-order valence-electron chi connectivity index (χ3n) is 5.86. The fourth-order valence-electron chi connectivity index (χ4n) is 4.57. The molecule has 0 bridgehead atoms. The molecule has 146 valence electrons. The molecule has 1 aliphatic heterocycles. The molecule has 1 aromatic carbocycles. The van der Waals surface area contributed by atoms with Gasteiger partial charge in [-0.2, -0.15) is 5.10 Å². The summed E-state index contributed by atoms with van der Waals surface area (Å²) in [6, 6.07) is 10.7. The molecule has 2 heterocycles. The Hall–Kier alpha value is -1.85. The van der Waals surface area contributed by atoms with E-state index in [0.29, 0.717) is 18.5 Å². The van der Waals surface area contributed by atoms with Gasteiger partial charge >= 0.3 is 0 Å². The molecule has 2 aliphatic rings. The smallest absolute Gasteiger partial charge is 0.237 e. The zero-order valence-corrected chi connectivity index (χ0v) is 16.9. The Morgan fingerprint density at radius 2 is 2.04 bits per heavy atom. The number of halogens is 1. The van der Waals surface area contributed by atoms with Gasteiger partial charge in [0.25, 0.3) is 0 Å². The number of aryl methyl sites for hydroxylation is 2. The number of nitrogens with one attached hydrogen (secondary N) is 2. The molecule has 5 nitrogen and oxygen atoms in total. The van der Waals surface area contributed by atoms with Crippen molar-refractivity contribution >= 4 is 18.3 Å². The maximum atomic E-state index is 12.7. The van der Waals surface area contributed by atoms with E-state index in [0.717, 1.165) is 29.1 Å². The van der Waals surface area contributed by atoms with Crippen LogP contribution in [-0.4, -0.2) is 27.8 Å². The van der Waals surface area contributed by atoms with Crippen LogP contribution in [-0.2, 0) is 11.3 Å². The lowest BCUT2D eigenvalue weighted by atomic mass is 9.85. The van der Waals surface area contributed by atoms with Gasteiger partial charge in [0, 0.05) is 18.3 Å². The molecular weight excluding hydrogens is 360 g/mol. The van der Waals surface area contributed by atoms with Gasteiger partial charge in [-0.25, -0.2) is 4.68 Å². The van der Waals surface area contributed by atoms with Crippen molar-refractivity contribution in [2.75, 3.05) is 0 Å². The third-order valence-corrected chi connectivity index (χ3v) is 5.86. The van der Waals surface area contributed by atoms with Crippen LogP contribution in [0.1, 0.15) is 49.1 Å². The maximum absolute atomic E-state index is 12.7. The average Bonchev–Trinajstić information content (AvgIpc) is 3.22. The highest BCUT2D eigenvalue weighted by Gasteiger charge is 2.38. The summed E-state index contributed by atoms with van der Waals surface area (Å²) in [5.74, 6) is 0.809.